The van der Waals surface area contributed by atoms with Crippen LogP contribution < -0.4 is 5.32 Å². The summed E-state index contributed by atoms with van der Waals surface area (Å²) in [6.07, 6.45) is 1.48. The molecule has 1 amide bonds. The predicted octanol–water partition coefficient (Wildman–Crippen LogP) is 0.814. The molecule has 5 nitrogen and oxygen atoms in total. The molecular formula is C7H7BrN4O. The number of nitriles is 1. The zero-order valence-electron chi connectivity index (χ0n) is 6.84. The number of nitrogens with zero attached hydrogens (tertiary/aromatic N) is 2. The minimum Gasteiger partial charge on any atom is -0.335 e. The van der Waals surface area contributed by atoms with E-state index in [4.69, 9.17) is 5.26 Å². The highest BCUT2D eigenvalue weighted by molar-refractivity contribution is 9.10. The van der Waals surface area contributed by atoms with Crippen molar-refractivity contribution < 1.29 is 4.79 Å². The summed E-state index contributed by atoms with van der Waals surface area (Å²) in [6, 6.07) is 1.38. The van der Waals surface area contributed by atoms with Crippen molar-refractivity contribution >= 4 is 21.8 Å². The first kappa shape index (κ1) is 9.74. The molecule has 0 bridgehead atoms. The van der Waals surface area contributed by atoms with Gasteiger partial charge in [0.25, 0.3) is 5.91 Å². The maximum atomic E-state index is 11.3. The van der Waals surface area contributed by atoms with E-state index >= 15 is 0 Å². The van der Waals surface area contributed by atoms with Gasteiger partial charge in [0.05, 0.1) is 16.7 Å². The maximum Gasteiger partial charge on any atom is 0.271 e. The number of rotatable bonds is 2. The molecule has 0 unspecified atom stereocenters. The van der Waals surface area contributed by atoms with Crippen molar-refractivity contribution in [1.82, 2.24) is 15.5 Å². The number of hydrogen-bond donors (Lipinski definition) is 2. The van der Waals surface area contributed by atoms with E-state index in [1.165, 1.54) is 6.20 Å². The lowest BCUT2D eigenvalue weighted by Crippen LogP contribution is -2.31. The Labute approximate surface area is 83.3 Å². The summed E-state index contributed by atoms with van der Waals surface area (Å²) < 4.78 is 0.579. The van der Waals surface area contributed by atoms with Gasteiger partial charge in [0.2, 0.25) is 0 Å². The monoisotopic (exact) mass is 242 g/mol. The number of carbonyl (C=O) groups is 1. The molecule has 2 N–H and O–H groups in total. The molecular weight excluding hydrogens is 236 g/mol. The Morgan fingerprint density at radius 3 is 3.08 bits per heavy atom. The summed E-state index contributed by atoms with van der Waals surface area (Å²) in [5, 5.41) is 17.1. The largest absolute Gasteiger partial charge is 0.335 e. The minimum absolute atomic E-state index is 0.321. The van der Waals surface area contributed by atoms with Crippen LogP contribution >= 0.6 is 15.9 Å². The van der Waals surface area contributed by atoms with Gasteiger partial charge in [-0.2, -0.15) is 10.4 Å². The Hall–Kier alpha value is -1.35. The highest BCUT2D eigenvalue weighted by Crippen LogP contribution is 2.12. The van der Waals surface area contributed by atoms with Crippen molar-refractivity contribution in [3.63, 3.8) is 0 Å². The van der Waals surface area contributed by atoms with Crippen molar-refractivity contribution in [2.45, 2.75) is 13.0 Å². The fraction of sp³-hybridized carbons (Fsp3) is 0.286. The van der Waals surface area contributed by atoms with Crippen LogP contribution in [0.1, 0.15) is 17.4 Å². The molecule has 1 atom stereocenters. The molecule has 1 rings (SSSR count). The van der Waals surface area contributed by atoms with Crippen molar-refractivity contribution in [3.05, 3.63) is 16.4 Å². The van der Waals surface area contributed by atoms with E-state index in [1.54, 1.807) is 6.92 Å². The third-order valence-corrected chi connectivity index (χ3v) is 1.96. The van der Waals surface area contributed by atoms with Gasteiger partial charge in [-0.3, -0.25) is 9.89 Å². The Bertz CT molecular complexity index is 354. The summed E-state index contributed by atoms with van der Waals surface area (Å²) in [6.45, 7) is 1.60. The second-order valence-corrected chi connectivity index (χ2v) is 3.27. The smallest absolute Gasteiger partial charge is 0.271 e. The Morgan fingerprint density at radius 1 is 1.92 bits per heavy atom. The standard InChI is InChI=1S/C7H7BrN4O/c1-4(2-9)11-7(13)6-5(8)3-10-12-6/h3-4H,1H3,(H,10,12)(H,11,13)/t4-/m0/s1. The van der Waals surface area contributed by atoms with Crippen molar-refractivity contribution in [3.8, 4) is 6.07 Å². The number of carbonyl (C=O) groups excluding carboxylic acids is 1. The van der Waals surface area contributed by atoms with Gasteiger partial charge in [0.15, 0.2) is 0 Å². The van der Waals surface area contributed by atoms with Gasteiger partial charge in [-0.1, -0.05) is 0 Å². The van der Waals surface area contributed by atoms with E-state index in [9.17, 15) is 4.79 Å². The van der Waals surface area contributed by atoms with E-state index < -0.39 is 6.04 Å². The number of aromatic amines is 1. The van der Waals surface area contributed by atoms with Crippen molar-refractivity contribution in [2.24, 2.45) is 0 Å². The summed E-state index contributed by atoms with van der Waals surface area (Å²) in [4.78, 5) is 11.3. The SMILES string of the molecule is C[C@@H](C#N)NC(=O)c1[nH]ncc1Br. The molecule has 0 saturated heterocycles. The first-order chi connectivity index (χ1) is 6.15. The van der Waals surface area contributed by atoms with Gasteiger partial charge < -0.3 is 5.32 Å². The van der Waals surface area contributed by atoms with Crippen LogP contribution in [0.5, 0.6) is 0 Å². The fourth-order valence-electron chi connectivity index (χ4n) is 0.732. The second-order valence-electron chi connectivity index (χ2n) is 2.42. The summed E-state index contributed by atoms with van der Waals surface area (Å²) >= 11 is 3.14. The molecule has 0 radical (unpaired) electrons. The fourth-order valence-corrected chi connectivity index (χ4v) is 1.10. The van der Waals surface area contributed by atoms with Crippen LogP contribution in [0.25, 0.3) is 0 Å². The Kier molecular flexibility index (Phi) is 3.03. The lowest BCUT2D eigenvalue weighted by atomic mass is 10.3. The second kappa shape index (κ2) is 4.05. The van der Waals surface area contributed by atoms with Crippen LogP contribution in [0.4, 0.5) is 0 Å². The lowest BCUT2D eigenvalue weighted by Gasteiger charge is -2.03. The Morgan fingerprint density at radius 2 is 2.62 bits per heavy atom. The number of nitrogens with one attached hydrogen (secondary N) is 2. The van der Waals surface area contributed by atoms with Gasteiger partial charge in [0, 0.05) is 0 Å². The van der Waals surface area contributed by atoms with Gasteiger partial charge >= 0.3 is 0 Å². The topological polar surface area (TPSA) is 81.6 Å². The van der Waals surface area contributed by atoms with E-state index in [0.29, 0.717) is 10.2 Å². The third kappa shape index (κ3) is 2.29. The molecule has 0 aliphatic carbocycles. The molecule has 0 fully saturated rings. The van der Waals surface area contributed by atoms with E-state index in [0.717, 1.165) is 0 Å². The zero-order chi connectivity index (χ0) is 9.84. The average molecular weight is 243 g/mol. The number of aromatic nitrogens is 2. The summed E-state index contributed by atoms with van der Waals surface area (Å²) in [5.74, 6) is -0.349. The van der Waals surface area contributed by atoms with Crippen molar-refractivity contribution in [2.75, 3.05) is 0 Å². The molecule has 6 heteroatoms. The van der Waals surface area contributed by atoms with Crippen LogP contribution in [0.3, 0.4) is 0 Å². The molecule has 1 heterocycles. The number of amides is 1. The lowest BCUT2D eigenvalue weighted by molar-refractivity contribution is 0.0942. The Balaban J connectivity index is 2.71. The van der Waals surface area contributed by atoms with Gasteiger partial charge in [-0.15, -0.1) is 0 Å². The number of halogens is 1. The molecule has 1 aromatic heterocycles. The van der Waals surface area contributed by atoms with Crippen LogP contribution in [0.15, 0.2) is 10.7 Å². The molecule has 13 heavy (non-hydrogen) atoms. The molecule has 68 valence electrons. The normalized spacial score (nSPS) is 11.8. The van der Waals surface area contributed by atoms with E-state index in [1.807, 2.05) is 6.07 Å². The van der Waals surface area contributed by atoms with Crippen LogP contribution in [-0.2, 0) is 0 Å². The average Bonchev–Trinajstić information content (AvgIpc) is 2.51. The van der Waals surface area contributed by atoms with Crippen LogP contribution in [-0.4, -0.2) is 22.1 Å². The predicted molar refractivity (Wildman–Crippen MR) is 48.8 cm³/mol. The first-order valence-electron chi connectivity index (χ1n) is 3.54. The van der Waals surface area contributed by atoms with Gasteiger partial charge in [-0.05, 0) is 22.9 Å². The summed E-state index contributed by atoms with van der Waals surface area (Å²) in [5.41, 5.74) is 0.321. The van der Waals surface area contributed by atoms with Gasteiger partial charge in [0.1, 0.15) is 11.7 Å². The molecule has 0 aliphatic rings. The van der Waals surface area contributed by atoms with E-state index in [-0.39, 0.29) is 5.91 Å². The highest BCUT2D eigenvalue weighted by atomic mass is 79.9. The molecule has 0 saturated carbocycles. The summed E-state index contributed by atoms with van der Waals surface area (Å²) in [7, 11) is 0. The first-order valence-corrected chi connectivity index (χ1v) is 4.33. The van der Waals surface area contributed by atoms with Crippen LogP contribution in [0.2, 0.25) is 0 Å². The number of hydrogen-bond acceptors (Lipinski definition) is 3. The molecule has 0 aliphatic heterocycles. The van der Waals surface area contributed by atoms with Crippen LogP contribution in [0, 0.1) is 11.3 Å². The molecule has 0 spiro atoms. The highest BCUT2D eigenvalue weighted by Gasteiger charge is 2.13. The van der Waals surface area contributed by atoms with Gasteiger partial charge in [-0.25, -0.2) is 0 Å². The van der Waals surface area contributed by atoms with Crippen molar-refractivity contribution in [1.29, 1.82) is 5.26 Å². The van der Waals surface area contributed by atoms with E-state index in [2.05, 4.69) is 31.4 Å². The maximum absolute atomic E-state index is 11.3. The third-order valence-electron chi connectivity index (χ3n) is 1.36. The quantitative estimate of drug-likeness (QED) is 0.806. The number of H-pyrrole nitrogens is 1. The zero-order valence-corrected chi connectivity index (χ0v) is 8.42. The molecule has 1 aromatic rings. The molecule has 0 aromatic carbocycles. The minimum atomic E-state index is -0.511.